The van der Waals surface area contributed by atoms with Crippen LogP contribution in [0.1, 0.15) is 45.4 Å². The van der Waals surface area contributed by atoms with Gasteiger partial charge in [0, 0.05) is 0 Å². The van der Waals surface area contributed by atoms with Crippen LogP contribution < -0.4 is 5.73 Å². The van der Waals surface area contributed by atoms with E-state index in [0.717, 1.165) is 6.54 Å². The van der Waals surface area contributed by atoms with Gasteiger partial charge in [-0.25, -0.2) is 14.9 Å². The largest absolute Gasteiger partial charge is 0.368 e. The standard InChI is InChI=1S/C8H19N.C7H12N2O3/c1-2-3-4-5-6-7-8-9;1-3-5-8(11)7(10)9(12)6-4-2/h2-9H2,1H3;3-4,11-12H,1-2,5-6H2. The van der Waals surface area contributed by atoms with E-state index in [9.17, 15) is 4.79 Å². The number of hydrogen-bond donors (Lipinski definition) is 3. The van der Waals surface area contributed by atoms with Crippen molar-refractivity contribution in [2.24, 2.45) is 5.73 Å². The van der Waals surface area contributed by atoms with Crippen LogP contribution in [-0.2, 0) is 0 Å². The minimum absolute atomic E-state index is 0.0347. The van der Waals surface area contributed by atoms with Gasteiger partial charge in [-0.2, -0.15) is 0 Å². The Kier molecular flexibility index (Phi) is 17.4. The van der Waals surface area contributed by atoms with Gasteiger partial charge < -0.3 is 5.73 Å². The van der Waals surface area contributed by atoms with Crippen molar-refractivity contribution < 1.29 is 15.2 Å². The van der Waals surface area contributed by atoms with Crippen molar-refractivity contribution in [3.05, 3.63) is 25.3 Å². The summed E-state index contributed by atoms with van der Waals surface area (Å²) in [5, 5.41) is 18.5. The van der Waals surface area contributed by atoms with Crippen molar-refractivity contribution in [1.29, 1.82) is 0 Å². The molecule has 0 aromatic heterocycles. The molecule has 6 nitrogen and oxygen atoms in total. The number of amides is 2. The average molecular weight is 301 g/mol. The Labute approximate surface area is 128 Å². The molecule has 6 heteroatoms. The lowest BCUT2D eigenvalue weighted by molar-refractivity contribution is -0.108. The highest BCUT2D eigenvalue weighted by Gasteiger charge is 2.14. The number of urea groups is 1. The van der Waals surface area contributed by atoms with Crippen molar-refractivity contribution in [1.82, 2.24) is 10.1 Å². The van der Waals surface area contributed by atoms with Gasteiger partial charge in [0.2, 0.25) is 0 Å². The second-order valence-electron chi connectivity index (χ2n) is 4.58. The Bertz CT molecular complexity index is 249. The lowest BCUT2D eigenvalue weighted by Gasteiger charge is -2.18. The van der Waals surface area contributed by atoms with Crippen LogP contribution in [-0.4, -0.2) is 46.2 Å². The van der Waals surface area contributed by atoms with E-state index in [1.807, 2.05) is 0 Å². The highest BCUT2D eigenvalue weighted by molar-refractivity contribution is 5.72. The zero-order valence-electron chi connectivity index (χ0n) is 13.2. The van der Waals surface area contributed by atoms with Crippen LogP contribution >= 0.6 is 0 Å². The van der Waals surface area contributed by atoms with Gasteiger partial charge in [0.1, 0.15) is 0 Å². The van der Waals surface area contributed by atoms with Crippen LogP contribution in [0.5, 0.6) is 0 Å². The number of nitrogens with two attached hydrogens (primary N) is 1. The van der Waals surface area contributed by atoms with E-state index in [1.165, 1.54) is 50.7 Å². The summed E-state index contributed by atoms with van der Waals surface area (Å²) in [7, 11) is 0. The molecule has 0 heterocycles. The summed E-state index contributed by atoms with van der Waals surface area (Å²) in [6.07, 6.45) is 10.7. The third kappa shape index (κ3) is 14.8. The van der Waals surface area contributed by atoms with E-state index in [-0.39, 0.29) is 13.1 Å². The first-order valence-corrected chi connectivity index (χ1v) is 7.43. The smallest absolute Gasteiger partial charge is 0.330 e. The topological polar surface area (TPSA) is 90.0 Å². The molecule has 0 unspecified atom stereocenters. The molecule has 0 aliphatic carbocycles. The first-order chi connectivity index (χ1) is 10.0. The molecular formula is C15H31N3O3. The maximum atomic E-state index is 10.9. The lowest BCUT2D eigenvalue weighted by Crippen LogP contribution is -2.39. The molecule has 0 saturated carbocycles. The molecular weight excluding hydrogens is 270 g/mol. The molecule has 2 amide bonds. The summed E-state index contributed by atoms with van der Waals surface area (Å²) in [4.78, 5) is 10.9. The fourth-order valence-electron chi connectivity index (χ4n) is 1.46. The maximum absolute atomic E-state index is 10.9. The molecule has 0 fully saturated rings. The van der Waals surface area contributed by atoms with Crippen molar-refractivity contribution in [3.63, 3.8) is 0 Å². The molecule has 21 heavy (non-hydrogen) atoms. The number of carbonyl (C=O) groups is 1. The molecule has 0 bridgehead atoms. The average Bonchev–Trinajstić information content (AvgIpc) is 2.47. The van der Waals surface area contributed by atoms with Gasteiger partial charge >= 0.3 is 6.03 Å². The summed E-state index contributed by atoms with van der Waals surface area (Å²) >= 11 is 0. The summed E-state index contributed by atoms with van der Waals surface area (Å²) in [6, 6.07) is -0.908. The van der Waals surface area contributed by atoms with Gasteiger partial charge in [-0.1, -0.05) is 51.2 Å². The number of rotatable bonds is 10. The van der Waals surface area contributed by atoms with E-state index < -0.39 is 6.03 Å². The van der Waals surface area contributed by atoms with E-state index in [4.69, 9.17) is 16.1 Å². The second-order valence-corrected chi connectivity index (χ2v) is 4.58. The predicted molar refractivity (Wildman–Crippen MR) is 85.2 cm³/mol. The van der Waals surface area contributed by atoms with Crippen LogP contribution in [0, 0.1) is 0 Å². The monoisotopic (exact) mass is 301 g/mol. The van der Waals surface area contributed by atoms with Gasteiger partial charge in [0.15, 0.2) is 0 Å². The predicted octanol–water partition coefficient (Wildman–Crippen LogP) is 3.17. The maximum Gasteiger partial charge on any atom is 0.368 e. The van der Waals surface area contributed by atoms with Crippen molar-refractivity contribution in [3.8, 4) is 0 Å². The normalized spacial score (nSPS) is 9.33. The summed E-state index contributed by atoms with van der Waals surface area (Å²) in [5.74, 6) is 0. The minimum Gasteiger partial charge on any atom is -0.330 e. The zero-order chi connectivity index (χ0) is 16.5. The number of hydrogen-bond acceptors (Lipinski definition) is 4. The first-order valence-electron chi connectivity index (χ1n) is 7.43. The van der Waals surface area contributed by atoms with Gasteiger partial charge in [-0.3, -0.25) is 10.4 Å². The third-order valence-corrected chi connectivity index (χ3v) is 2.60. The van der Waals surface area contributed by atoms with Crippen LogP contribution in [0.3, 0.4) is 0 Å². The van der Waals surface area contributed by atoms with Crippen LogP contribution in [0.2, 0.25) is 0 Å². The first kappa shape index (κ1) is 21.9. The fourth-order valence-corrected chi connectivity index (χ4v) is 1.46. The van der Waals surface area contributed by atoms with E-state index in [0.29, 0.717) is 10.1 Å². The van der Waals surface area contributed by atoms with Crippen LogP contribution in [0.15, 0.2) is 25.3 Å². The van der Waals surface area contributed by atoms with E-state index >= 15 is 0 Å². The van der Waals surface area contributed by atoms with Crippen molar-refractivity contribution in [2.75, 3.05) is 19.6 Å². The Hall–Kier alpha value is -1.37. The molecule has 0 aliphatic rings. The molecule has 124 valence electrons. The van der Waals surface area contributed by atoms with Gasteiger partial charge in [0.25, 0.3) is 0 Å². The molecule has 0 aliphatic heterocycles. The third-order valence-electron chi connectivity index (χ3n) is 2.60. The summed E-state index contributed by atoms with van der Waals surface area (Å²) in [6.45, 7) is 9.67. The Morgan fingerprint density at radius 1 is 1.00 bits per heavy atom. The number of hydroxylamine groups is 4. The molecule has 0 rings (SSSR count). The molecule has 0 radical (unpaired) electrons. The van der Waals surface area contributed by atoms with Gasteiger partial charge in [-0.05, 0) is 13.0 Å². The fraction of sp³-hybridized carbons (Fsp3) is 0.667. The molecule has 4 N–H and O–H groups in total. The van der Waals surface area contributed by atoms with Crippen LogP contribution in [0.25, 0.3) is 0 Å². The second kappa shape index (κ2) is 16.7. The lowest BCUT2D eigenvalue weighted by atomic mass is 10.1. The summed E-state index contributed by atoms with van der Waals surface area (Å²) in [5.41, 5.74) is 5.34. The minimum atomic E-state index is -0.908. The van der Waals surface area contributed by atoms with E-state index in [1.54, 1.807) is 0 Å². The summed E-state index contributed by atoms with van der Waals surface area (Å²) < 4.78 is 0. The highest BCUT2D eigenvalue weighted by Crippen LogP contribution is 2.03. The van der Waals surface area contributed by atoms with E-state index in [2.05, 4.69) is 20.1 Å². The molecule has 0 spiro atoms. The number of carbonyl (C=O) groups excluding carboxylic acids is 1. The molecule has 0 aromatic carbocycles. The molecule has 0 atom stereocenters. The van der Waals surface area contributed by atoms with Gasteiger partial charge in [0.05, 0.1) is 13.1 Å². The highest BCUT2D eigenvalue weighted by atomic mass is 16.6. The number of nitrogens with zero attached hydrogens (tertiary/aromatic N) is 2. The Morgan fingerprint density at radius 3 is 1.81 bits per heavy atom. The van der Waals surface area contributed by atoms with Crippen molar-refractivity contribution >= 4 is 6.03 Å². The Morgan fingerprint density at radius 2 is 1.43 bits per heavy atom. The van der Waals surface area contributed by atoms with Gasteiger partial charge in [-0.15, -0.1) is 13.2 Å². The zero-order valence-corrected chi connectivity index (χ0v) is 13.2. The number of unbranched alkanes of at least 4 members (excludes halogenated alkanes) is 5. The quantitative estimate of drug-likeness (QED) is 0.250. The van der Waals surface area contributed by atoms with Crippen LogP contribution in [0.4, 0.5) is 4.79 Å². The van der Waals surface area contributed by atoms with Crippen molar-refractivity contribution in [2.45, 2.75) is 45.4 Å². The Balaban J connectivity index is 0. The molecule has 0 saturated heterocycles. The molecule has 0 aromatic rings. The SMILES string of the molecule is C=CCN(O)C(=O)N(O)CC=C.CCCCCCCCN.